The molecule has 0 aliphatic heterocycles. The van der Waals surface area contributed by atoms with E-state index in [2.05, 4.69) is 4.99 Å². The van der Waals surface area contributed by atoms with Gasteiger partial charge >= 0.3 is 0 Å². The Labute approximate surface area is 150 Å². The fourth-order valence-corrected chi connectivity index (χ4v) is 2.28. The Kier molecular flexibility index (Phi) is 5.25. The van der Waals surface area contributed by atoms with Crippen LogP contribution in [-0.2, 0) is 0 Å². The van der Waals surface area contributed by atoms with Crippen LogP contribution < -0.4 is 9.47 Å². The zero-order chi connectivity index (χ0) is 18.4. The van der Waals surface area contributed by atoms with Crippen molar-refractivity contribution in [3.63, 3.8) is 0 Å². The van der Waals surface area contributed by atoms with Crippen molar-refractivity contribution in [3.05, 3.63) is 84.2 Å². The second kappa shape index (κ2) is 7.95. The van der Waals surface area contributed by atoms with Gasteiger partial charge < -0.3 is 9.47 Å². The van der Waals surface area contributed by atoms with Gasteiger partial charge in [0, 0.05) is 5.56 Å². The first-order valence-corrected chi connectivity index (χ1v) is 7.85. The number of ether oxygens (including phenoxy) is 2. The molecule has 0 saturated carbocycles. The topological polar surface area (TPSA) is 54.6 Å². The van der Waals surface area contributed by atoms with Crippen molar-refractivity contribution in [1.82, 2.24) is 0 Å². The molecular formula is C21H15FN2O2. The zero-order valence-corrected chi connectivity index (χ0v) is 14.0. The summed E-state index contributed by atoms with van der Waals surface area (Å²) in [6, 6.07) is 22.1. The number of hydrogen-bond donors (Lipinski definition) is 0. The molecule has 0 bridgehead atoms. The largest absolute Gasteiger partial charge is 0.497 e. The van der Waals surface area contributed by atoms with Gasteiger partial charge in [0.15, 0.2) is 11.6 Å². The van der Waals surface area contributed by atoms with E-state index in [0.29, 0.717) is 22.7 Å². The van der Waals surface area contributed by atoms with Crippen molar-refractivity contribution in [1.29, 1.82) is 5.26 Å². The number of benzene rings is 3. The van der Waals surface area contributed by atoms with Gasteiger partial charge in [0.2, 0.25) is 0 Å². The van der Waals surface area contributed by atoms with Crippen molar-refractivity contribution in [3.8, 4) is 23.3 Å². The molecule has 0 fully saturated rings. The summed E-state index contributed by atoms with van der Waals surface area (Å²) in [6.45, 7) is 0. The van der Waals surface area contributed by atoms with Crippen LogP contribution in [-0.4, -0.2) is 12.8 Å². The van der Waals surface area contributed by atoms with Crippen molar-refractivity contribution in [2.24, 2.45) is 4.99 Å². The minimum Gasteiger partial charge on any atom is -0.497 e. The average Bonchev–Trinajstić information content (AvgIpc) is 2.69. The van der Waals surface area contributed by atoms with Crippen LogP contribution in [0.25, 0.3) is 0 Å². The van der Waals surface area contributed by atoms with E-state index >= 15 is 0 Å². The summed E-state index contributed by atoms with van der Waals surface area (Å²) in [5.41, 5.74) is 1.22. The highest BCUT2D eigenvalue weighted by Gasteiger charge is 2.10. The van der Waals surface area contributed by atoms with Crippen molar-refractivity contribution >= 4 is 11.4 Å². The lowest BCUT2D eigenvalue weighted by Gasteiger charge is -2.08. The quantitative estimate of drug-likeness (QED) is 0.591. The average molecular weight is 346 g/mol. The van der Waals surface area contributed by atoms with Crippen LogP contribution in [0.2, 0.25) is 0 Å². The molecule has 5 heteroatoms. The summed E-state index contributed by atoms with van der Waals surface area (Å²) in [5.74, 6) is 0.725. The Hall–Kier alpha value is -3.65. The lowest BCUT2D eigenvalue weighted by atomic mass is 10.1. The summed E-state index contributed by atoms with van der Waals surface area (Å²) in [4.78, 5) is 4.32. The van der Waals surface area contributed by atoms with Gasteiger partial charge in [0.1, 0.15) is 23.3 Å². The molecule has 0 saturated heterocycles. The minimum absolute atomic E-state index is 0.0337. The maximum absolute atomic E-state index is 14.1. The summed E-state index contributed by atoms with van der Waals surface area (Å²) in [5, 5.41) is 9.45. The van der Waals surface area contributed by atoms with Crippen LogP contribution in [0.4, 0.5) is 10.1 Å². The Morgan fingerprint density at radius 2 is 1.69 bits per heavy atom. The second-order valence-corrected chi connectivity index (χ2v) is 5.33. The highest BCUT2D eigenvalue weighted by molar-refractivity contribution is 6.12. The van der Waals surface area contributed by atoms with Crippen molar-refractivity contribution in [2.45, 2.75) is 0 Å². The molecule has 3 aromatic carbocycles. The van der Waals surface area contributed by atoms with E-state index < -0.39 is 5.82 Å². The van der Waals surface area contributed by atoms with E-state index in [-0.39, 0.29) is 11.5 Å². The number of nitriles is 1. The zero-order valence-electron chi connectivity index (χ0n) is 14.0. The Morgan fingerprint density at radius 1 is 0.962 bits per heavy atom. The molecule has 0 aliphatic rings. The van der Waals surface area contributed by atoms with E-state index in [9.17, 15) is 9.65 Å². The number of rotatable bonds is 5. The second-order valence-electron chi connectivity index (χ2n) is 5.33. The predicted molar refractivity (Wildman–Crippen MR) is 97.7 cm³/mol. The normalized spacial score (nSPS) is 10.9. The molecule has 0 spiro atoms. The van der Waals surface area contributed by atoms with Crippen LogP contribution in [0, 0.1) is 17.1 Å². The molecule has 0 N–H and O–H groups in total. The molecular weight excluding hydrogens is 331 g/mol. The van der Waals surface area contributed by atoms with Gasteiger partial charge in [-0.2, -0.15) is 5.26 Å². The summed E-state index contributed by atoms with van der Waals surface area (Å²) >= 11 is 0. The molecule has 4 nitrogen and oxygen atoms in total. The number of halogens is 1. The first kappa shape index (κ1) is 17.2. The minimum atomic E-state index is -0.514. The lowest BCUT2D eigenvalue weighted by Crippen LogP contribution is -1.99. The van der Waals surface area contributed by atoms with Gasteiger partial charge in [-0.05, 0) is 54.6 Å². The van der Waals surface area contributed by atoms with Gasteiger partial charge in [-0.3, -0.25) is 0 Å². The lowest BCUT2D eigenvalue weighted by molar-refractivity contribution is 0.415. The third-order valence-electron chi connectivity index (χ3n) is 3.59. The smallest absolute Gasteiger partial charge is 0.165 e. The summed E-state index contributed by atoms with van der Waals surface area (Å²) in [6.07, 6.45) is 0. The van der Waals surface area contributed by atoms with E-state index in [4.69, 9.17) is 9.47 Å². The fraction of sp³-hybridized carbons (Fsp3) is 0.0476. The predicted octanol–water partition coefficient (Wildman–Crippen LogP) is 5.27. The molecule has 0 radical (unpaired) electrons. The van der Waals surface area contributed by atoms with E-state index in [1.54, 1.807) is 55.6 Å². The maximum Gasteiger partial charge on any atom is 0.165 e. The molecule has 0 aromatic heterocycles. The Balaban J connectivity index is 1.92. The number of hydrogen-bond acceptors (Lipinski definition) is 4. The first-order chi connectivity index (χ1) is 12.7. The Bertz CT molecular complexity index is 962. The van der Waals surface area contributed by atoms with Crippen molar-refractivity contribution in [2.75, 3.05) is 7.11 Å². The molecule has 0 heterocycles. The molecule has 26 heavy (non-hydrogen) atoms. The van der Waals surface area contributed by atoms with Crippen LogP contribution in [0.3, 0.4) is 0 Å². The van der Waals surface area contributed by atoms with Gasteiger partial charge in [-0.25, -0.2) is 9.38 Å². The molecule has 0 amide bonds. The summed E-state index contributed by atoms with van der Waals surface area (Å²) < 4.78 is 24.7. The van der Waals surface area contributed by atoms with E-state index in [1.807, 2.05) is 12.1 Å². The van der Waals surface area contributed by atoms with E-state index in [1.165, 1.54) is 18.2 Å². The van der Waals surface area contributed by atoms with Crippen LogP contribution in [0.15, 0.2) is 77.8 Å². The monoisotopic (exact) mass is 346 g/mol. The molecule has 3 rings (SSSR count). The van der Waals surface area contributed by atoms with E-state index in [0.717, 1.165) is 0 Å². The maximum atomic E-state index is 14.1. The number of nitrogens with zero attached hydrogens (tertiary/aromatic N) is 2. The molecule has 0 aliphatic carbocycles. The van der Waals surface area contributed by atoms with Crippen LogP contribution in [0.5, 0.6) is 17.2 Å². The molecule has 0 atom stereocenters. The third kappa shape index (κ3) is 4.05. The number of methoxy groups -OCH3 is 1. The third-order valence-corrected chi connectivity index (χ3v) is 3.59. The molecule has 0 unspecified atom stereocenters. The number of para-hydroxylation sites is 1. The van der Waals surface area contributed by atoms with Crippen LogP contribution >= 0.6 is 0 Å². The Morgan fingerprint density at radius 3 is 2.35 bits per heavy atom. The molecule has 3 aromatic rings. The highest BCUT2D eigenvalue weighted by atomic mass is 19.1. The van der Waals surface area contributed by atoms with Crippen molar-refractivity contribution < 1.29 is 13.9 Å². The van der Waals surface area contributed by atoms with Gasteiger partial charge in [-0.1, -0.05) is 18.2 Å². The fourth-order valence-electron chi connectivity index (χ4n) is 2.28. The summed E-state index contributed by atoms with van der Waals surface area (Å²) in [7, 11) is 1.58. The first-order valence-electron chi connectivity index (χ1n) is 7.85. The standard InChI is InChI=1S/C21H15FN2O2/c1-25-17-10-8-16(9-11-17)24-20(14-23)15-7-12-19(22)21(13-15)26-18-5-3-2-4-6-18/h2-13H,1H3. The molecule has 128 valence electrons. The van der Waals surface area contributed by atoms with Gasteiger partial charge in [-0.15, -0.1) is 0 Å². The van der Waals surface area contributed by atoms with Crippen LogP contribution in [0.1, 0.15) is 5.56 Å². The van der Waals surface area contributed by atoms with Gasteiger partial charge in [0.05, 0.1) is 12.8 Å². The van der Waals surface area contributed by atoms with Gasteiger partial charge in [0.25, 0.3) is 0 Å². The number of aliphatic imine (C=N–C) groups is 1. The SMILES string of the molecule is COc1ccc(N=C(C#N)c2ccc(F)c(Oc3ccccc3)c2)cc1. The highest BCUT2D eigenvalue weighted by Crippen LogP contribution is 2.26.